The number of ether oxygens (including phenoxy) is 1. The van der Waals surface area contributed by atoms with Crippen molar-refractivity contribution in [3.8, 4) is 0 Å². The van der Waals surface area contributed by atoms with Crippen LogP contribution in [-0.2, 0) is 32.7 Å². The standard InChI is InChI=1S/C45H72NO10P/c1-3-5-7-9-11-13-15-17-19-20-21-22-23-24-26-28-30-32-34-36-43(48)46-42(45(50)51)40-56-57(52,53)55-39-41(47)38-54-44(49)37-35-33-31-29-27-25-18-16-14-12-10-8-6-4-2/h5,7,10-13,16-19,21-22,24,26,30,32,41-42,47H,3-4,6,8-9,14-15,20,23,25,27-29,31,33-40H2,1-2H3,(H,46,48)(H,50,51)(H,52,53)/b7-5-,12-10-,13-11-,18-16-,19-17-,22-21-,26-24-,32-30-. The van der Waals surface area contributed by atoms with E-state index in [-0.39, 0.29) is 12.8 Å². The molecule has 0 saturated carbocycles. The van der Waals surface area contributed by atoms with Gasteiger partial charge in [0.2, 0.25) is 5.91 Å². The van der Waals surface area contributed by atoms with Crippen molar-refractivity contribution in [2.45, 2.75) is 148 Å². The Hall–Kier alpha value is -3.60. The van der Waals surface area contributed by atoms with Crippen LogP contribution < -0.4 is 5.32 Å². The van der Waals surface area contributed by atoms with Crippen molar-refractivity contribution in [1.29, 1.82) is 0 Å². The lowest BCUT2D eigenvalue weighted by Gasteiger charge is -2.18. The number of allylic oxidation sites excluding steroid dienone is 16. The van der Waals surface area contributed by atoms with Crippen LogP contribution in [0, 0.1) is 0 Å². The molecule has 0 aliphatic carbocycles. The molecule has 0 aliphatic heterocycles. The van der Waals surface area contributed by atoms with Gasteiger partial charge in [0.15, 0.2) is 6.04 Å². The quantitative estimate of drug-likeness (QED) is 0.0205. The van der Waals surface area contributed by atoms with Crippen molar-refractivity contribution in [3.05, 3.63) is 97.2 Å². The molecule has 0 spiro atoms. The number of aliphatic hydroxyl groups excluding tert-OH is 1. The number of carbonyl (C=O) groups excluding carboxylic acids is 2. The maximum absolute atomic E-state index is 12.3. The number of aliphatic carboxylic acids is 1. The zero-order chi connectivity index (χ0) is 42.1. The first-order valence-corrected chi connectivity index (χ1v) is 22.3. The van der Waals surface area contributed by atoms with E-state index in [9.17, 15) is 34.1 Å². The van der Waals surface area contributed by atoms with Crippen LogP contribution in [-0.4, -0.2) is 64.9 Å². The Bertz CT molecular complexity index is 1330. The van der Waals surface area contributed by atoms with E-state index in [1.54, 1.807) is 0 Å². The largest absolute Gasteiger partial charge is 0.480 e. The first-order valence-electron chi connectivity index (χ1n) is 20.8. The summed E-state index contributed by atoms with van der Waals surface area (Å²) in [6, 6.07) is -1.60. The minimum absolute atomic E-state index is 0.0136. The fraction of sp³-hybridized carbons (Fsp3) is 0.578. The maximum atomic E-state index is 12.3. The minimum Gasteiger partial charge on any atom is -0.480 e. The predicted octanol–water partition coefficient (Wildman–Crippen LogP) is 10.5. The lowest BCUT2D eigenvalue weighted by atomic mass is 10.1. The summed E-state index contributed by atoms with van der Waals surface area (Å²) in [6.07, 6.45) is 48.8. The molecule has 0 aliphatic rings. The molecule has 0 aromatic carbocycles. The highest BCUT2D eigenvalue weighted by molar-refractivity contribution is 7.47. The number of carboxylic acid groups (broad SMARTS) is 1. The zero-order valence-electron chi connectivity index (χ0n) is 34.6. The third kappa shape index (κ3) is 39.0. The van der Waals surface area contributed by atoms with Gasteiger partial charge in [-0.1, -0.05) is 143 Å². The van der Waals surface area contributed by atoms with Crippen LogP contribution >= 0.6 is 7.82 Å². The monoisotopic (exact) mass is 817 g/mol. The summed E-state index contributed by atoms with van der Waals surface area (Å²) in [5.41, 5.74) is 0. The van der Waals surface area contributed by atoms with Gasteiger partial charge in [0.1, 0.15) is 12.7 Å². The fourth-order valence-electron chi connectivity index (χ4n) is 4.88. The molecule has 0 saturated heterocycles. The van der Waals surface area contributed by atoms with Gasteiger partial charge in [-0.2, -0.15) is 0 Å². The first kappa shape index (κ1) is 53.4. The highest BCUT2D eigenvalue weighted by atomic mass is 31.2. The van der Waals surface area contributed by atoms with E-state index in [1.807, 2.05) is 18.2 Å². The summed E-state index contributed by atoms with van der Waals surface area (Å²) in [6.45, 7) is 2.34. The Balaban J connectivity index is 4.09. The molecular formula is C45H72NO10P. The molecule has 12 heteroatoms. The molecule has 0 rings (SSSR count). The van der Waals surface area contributed by atoms with E-state index < -0.39 is 57.6 Å². The number of phosphoric acid groups is 1. The van der Waals surface area contributed by atoms with Crippen LogP contribution in [0.4, 0.5) is 0 Å². The molecule has 1 amide bonds. The van der Waals surface area contributed by atoms with Crippen molar-refractivity contribution < 1.29 is 47.8 Å². The average Bonchev–Trinajstić information content (AvgIpc) is 3.18. The third-order valence-corrected chi connectivity index (χ3v) is 9.07. The van der Waals surface area contributed by atoms with Crippen LogP contribution in [0.2, 0.25) is 0 Å². The summed E-state index contributed by atoms with van der Waals surface area (Å²) in [5.74, 6) is -2.52. The number of carboxylic acids is 1. The Morgan fingerprint density at radius 3 is 1.56 bits per heavy atom. The Kier molecular flexibility index (Phi) is 36.8. The Labute approximate surface area is 343 Å². The summed E-state index contributed by atoms with van der Waals surface area (Å²) in [4.78, 5) is 45.8. The van der Waals surface area contributed by atoms with Crippen LogP contribution in [0.1, 0.15) is 136 Å². The minimum atomic E-state index is -4.78. The first-order chi connectivity index (χ1) is 27.6. The number of phosphoric ester groups is 1. The van der Waals surface area contributed by atoms with E-state index in [4.69, 9.17) is 13.8 Å². The smallest absolute Gasteiger partial charge is 0.472 e. The Morgan fingerprint density at radius 2 is 1.04 bits per heavy atom. The molecule has 3 unspecified atom stereocenters. The summed E-state index contributed by atoms with van der Waals surface area (Å²) >= 11 is 0. The lowest BCUT2D eigenvalue weighted by molar-refractivity contribution is -0.147. The van der Waals surface area contributed by atoms with Gasteiger partial charge in [0, 0.05) is 12.8 Å². The number of amides is 1. The second kappa shape index (κ2) is 39.2. The van der Waals surface area contributed by atoms with E-state index in [2.05, 4.69) is 98.2 Å². The van der Waals surface area contributed by atoms with Gasteiger partial charge in [0.25, 0.3) is 0 Å². The van der Waals surface area contributed by atoms with Crippen molar-refractivity contribution in [3.63, 3.8) is 0 Å². The van der Waals surface area contributed by atoms with Gasteiger partial charge in [-0.3, -0.25) is 18.6 Å². The number of unbranched alkanes of at least 4 members (excludes halogenated alkanes) is 7. The SMILES string of the molecule is CC/C=C\C/C=C\C/C=C\C/C=C\C/C=C\C/C=C\CCC(=O)NC(COP(=O)(O)OCC(O)COC(=O)CCCCCCC/C=C\C/C=C\CCCC)C(=O)O. The van der Waals surface area contributed by atoms with Gasteiger partial charge in [-0.05, 0) is 77.0 Å². The molecule has 0 radical (unpaired) electrons. The van der Waals surface area contributed by atoms with Crippen molar-refractivity contribution in [1.82, 2.24) is 5.32 Å². The topological polar surface area (TPSA) is 169 Å². The fourth-order valence-corrected chi connectivity index (χ4v) is 5.65. The summed E-state index contributed by atoms with van der Waals surface area (Å²) < 4.78 is 26.7. The molecule has 0 bridgehead atoms. The molecule has 11 nitrogen and oxygen atoms in total. The molecular weight excluding hydrogens is 745 g/mol. The molecule has 57 heavy (non-hydrogen) atoms. The van der Waals surface area contributed by atoms with Crippen molar-refractivity contribution >= 4 is 25.7 Å². The Morgan fingerprint density at radius 1 is 0.579 bits per heavy atom. The number of hydrogen-bond donors (Lipinski definition) is 4. The van der Waals surface area contributed by atoms with E-state index in [0.29, 0.717) is 19.3 Å². The zero-order valence-corrected chi connectivity index (χ0v) is 35.5. The van der Waals surface area contributed by atoms with Gasteiger partial charge < -0.3 is 25.2 Å². The third-order valence-electron chi connectivity index (χ3n) is 8.12. The second-order valence-electron chi connectivity index (χ2n) is 13.4. The second-order valence-corrected chi connectivity index (χ2v) is 14.9. The highest BCUT2D eigenvalue weighted by Crippen LogP contribution is 2.43. The summed E-state index contributed by atoms with van der Waals surface area (Å²) in [5, 5.41) is 21.7. The predicted molar refractivity (Wildman–Crippen MR) is 230 cm³/mol. The molecule has 0 fully saturated rings. The van der Waals surface area contributed by atoms with Gasteiger partial charge >= 0.3 is 19.8 Å². The molecule has 322 valence electrons. The van der Waals surface area contributed by atoms with Gasteiger partial charge in [0.05, 0.1) is 13.2 Å². The maximum Gasteiger partial charge on any atom is 0.472 e. The lowest BCUT2D eigenvalue weighted by Crippen LogP contribution is -2.43. The molecule has 0 aromatic heterocycles. The normalized spacial score (nSPS) is 14.7. The summed E-state index contributed by atoms with van der Waals surface area (Å²) in [7, 11) is -4.78. The van der Waals surface area contributed by atoms with Gasteiger partial charge in [-0.15, -0.1) is 0 Å². The van der Waals surface area contributed by atoms with Crippen LogP contribution in [0.25, 0.3) is 0 Å². The van der Waals surface area contributed by atoms with Crippen LogP contribution in [0.5, 0.6) is 0 Å². The number of hydrogen-bond acceptors (Lipinski definition) is 8. The van der Waals surface area contributed by atoms with E-state index in [1.165, 1.54) is 12.8 Å². The number of nitrogens with one attached hydrogen (secondary N) is 1. The molecule has 0 aromatic rings. The number of esters is 1. The molecule has 4 N–H and O–H groups in total. The highest BCUT2D eigenvalue weighted by Gasteiger charge is 2.28. The van der Waals surface area contributed by atoms with Crippen LogP contribution in [0.15, 0.2) is 97.2 Å². The van der Waals surface area contributed by atoms with E-state index in [0.717, 1.165) is 77.0 Å². The number of rotatable bonds is 37. The van der Waals surface area contributed by atoms with Crippen molar-refractivity contribution in [2.24, 2.45) is 0 Å². The van der Waals surface area contributed by atoms with Crippen LogP contribution in [0.3, 0.4) is 0 Å². The molecule has 3 atom stereocenters. The van der Waals surface area contributed by atoms with Gasteiger partial charge in [-0.25, -0.2) is 9.36 Å². The number of carbonyl (C=O) groups is 3. The van der Waals surface area contributed by atoms with E-state index >= 15 is 0 Å². The van der Waals surface area contributed by atoms with Crippen molar-refractivity contribution in [2.75, 3.05) is 19.8 Å². The average molecular weight is 818 g/mol. The number of aliphatic hydroxyl groups is 1. The molecule has 0 heterocycles.